The Morgan fingerprint density at radius 3 is 2.24 bits per heavy atom. The van der Waals surface area contributed by atoms with Gasteiger partial charge in [0.25, 0.3) is 0 Å². The summed E-state index contributed by atoms with van der Waals surface area (Å²) in [7, 11) is 1.65. The zero-order valence-corrected chi connectivity index (χ0v) is 16.7. The molecule has 4 rings (SSSR count). The summed E-state index contributed by atoms with van der Waals surface area (Å²) in [5.41, 5.74) is 4.30. The lowest BCUT2D eigenvalue weighted by atomic mass is 9.80. The van der Waals surface area contributed by atoms with Crippen molar-refractivity contribution < 1.29 is 14.3 Å². The molecule has 3 aromatic rings. The van der Waals surface area contributed by atoms with Crippen LogP contribution in [0.3, 0.4) is 0 Å². The number of cyclic esters (lactones) is 1. The van der Waals surface area contributed by atoms with Gasteiger partial charge >= 0.3 is 5.97 Å². The third kappa shape index (κ3) is 4.24. The van der Waals surface area contributed by atoms with E-state index in [1.807, 2.05) is 73.7 Å². The van der Waals surface area contributed by atoms with Crippen LogP contribution in [0.15, 0.2) is 84.9 Å². The highest BCUT2D eigenvalue weighted by Crippen LogP contribution is 2.38. The number of aryl methyl sites for hydroxylation is 1. The Kier molecular flexibility index (Phi) is 5.48. The van der Waals surface area contributed by atoms with Gasteiger partial charge in [-0.1, -0.05) is 72.3 Å². The molecule has 1 heterocycles. The fourth-order valence-corrected chi connectivity index (χ4v) is 3.75. The lowest BCUT2D eigenvalue weighted by molar-refractivity contribution is -0.142. The van der Waals surface area contributed by atoms with E-state index in [0.717, 1.165) is 22.4 Å². The zero-order valence-electron chi connectivity index (χ0n) is 16.7. The molecule has 1 aliphatic rings. The number of hydrogen-bond acceptors (Lipinski definition) is 3. The summed E-state index contributed by atoms with van der Waals surface area (Å²) in [4.78, 5) is 13.1. The largest absolute Gasteiger partial charge is 0.497 e. The van der Waals surface area contributed by atoms with Gasteiger partial charge < -0.3 is 9.47 Å². The molecule has 0 saturated heterocycles. The van der Waals surface area contributed by atoms with E-state index < -0.39 is 0 Å². The first-order chi connectivity index (χ1) is 14.1. The van der Waals surface area contributed by atoms with Gasteiger partial charge in [-0.2, -0.15) is 0 Å². The second-order valence-corrected chi connectivity index (χ2v) is 7.41. The van der Waals surface area contributed by atoms with Crippen molar-refractivity contribution in [1.29, 1.82) is 0 Å². The normalized spacial score (nSPS) is 18.7. The minimum absolute atomic E-state index is 0.0455. The average Bonchev–Trinajstić information content (AvgIpc) is 2.76. The monoisotopic (exact) mass is 384 g/mol. The van der Waals surface area contributed by atoms with Crippen LogP contribution in [0.5, 0.6) is 5.75 Å². The maximum atomic E-state index is 13.1. The summed E-state index contributed by atoms with van der Waals surface area (Å²) in [5.74, 6) is 0.930. The van der Waals surface area contributed by atoms with Crippen molar-refractivity contribution in [3.8, 4) is 5.75 Å². The number of ether oxygens (including phenoxy) is 2. The third-order valence-corrected chi connectivity index (χ3v) is 5.41. The first-order valence-electron chi connectivity index (χ1n) is 9.82. The second kappa shape index (κ2) is 8.36. The molecule has 1 aliphatic heterocycles. The van der Waals surface area contributed by atoms with Crippen LogP contribution in [-0.2, 0) is 16.0 Å². The van der Waals surface area contributed by atoms with Gasteiger partial charge in [0.05, 0.1) is 13.0 Å². The summed E-state index contributed by atoms with van der Waals surface area (Å²) < 4.78 is 11.0. The van der Waals surface area contributed by atoms with Gasteiger partial charge in [0, 0.05) is 11.5 Å². The summed E-state index contributed by atoms with van der Waals surface area (Å²) >= 11 is 0. The minimum Gasteiger partial charge on any atom is -0.497 e. The molecular weight excluding hydrogens is 360 g/mol. The van der Waals surface area contributed by atoms with Gasteiger partial charge in [-0.15, -0.1) is 0 Å². The topological polar surface area (TPSA) is 35.5 Å². The first kappa shape index (κ1) is 19.0. The highest BCUT2D eigenvalue weighted by molar-refractivity contribution is 5.84. The molecule has 0 aliphatic carbocycles. The molecule has 146 valence electrons. The quantitative estimate of drug-likeness (QED) is 0.542. The number of esters is 1. The maximum Gasteiger partial charge on any atom is 0.315 e. The molecule has 0 fully saturated rings. The van der Waals surface area contributed by atoms with Crippen LogP contribution >= 0.6 is 0 Å². The van der Waals surface area contributed by atoms with Crippen molar-refractivity contribution in [2.45, 2.75) is 19.3 Å². The molecule has 2 atom stereocenters. The van der Waals surface area contributed by atoms with Gasteiger partial charge in [0.1, 0.15) is 11.5 Å². The SMILES string of the molecule is COc1ccc(C[C@@H]2C(=O)OC(c3ccc(C)cc3)=C[C@@H]2c2ccccc2)cc1. The van der Waals surface area contributed by atoms with Gasteiger partial charge in [-0.3, -0.25) is 4.79 Å². The van der Waals surface area contributed by atoms with E-state index in [1.54, 1.807) is 7.11 Å². The molecule has 29 heavy (non-hydrogen) atoms. The Bertz CT molecular complexity index is 1000. The van der Waals surface area contributed by atoms with E-state index >= 15 is 0 Å². The molecule has 0 N–H and O–H groups in total. The second-order valence-electron chi connectivity index (χ2n) is 7.41. The summed E-state index contributed by atoms with van der Waals surface area (Å²) in [5, 5.41) is 0. The van der Waals surface area contributed by atoms with Crippen molar-refractivity contribution in [2.75, 3.05) is 7.11 Å². The van der Waals surface area contributed by atoms with Gasteiger partial charge in [-0.25, -0.2) is 0 Å². The Morgan fingerprint density at radius 2 is 1.59 bits per heavy atom. The Balaban J connectivity index is 1.69. The van der Waals surface area contributed by atoms with Crippen molar-refractivity contribution in [3.05, 3.63) is 107 Å². The van der Waals surface area contributed by atoms with E-state index in [4.69, 9.17) is 9.47 Å². The van der Waals surface area contributed by atoms with E-state index in [2.05, 4.69) is 18.2 Å². The molecular formula is C26H24O3. The summed E-state index contributed by atoms with van der Waals surface area (Å²) in [6, 6.07) is 26.1. The molecule has 3 aromatic carbocycles. The van der Waals surface area contributed by atoms with Crippen LogP contribution < -0.4 is 4.74 Å². The Labute approximate surface area is 171 Å². The van der Waals surface area contributed by atoms with Crippen molar-refractivity contribution >= 4 is 11.7 Å². The molecule has 0 aromatic heterocycles. The predicted octanol–water partition coefficient (Wildman–Crippen LogP) is 5.54. The lowest BCUT2D eigenvalue weighted by Crippen LogP contribution is -2.29. The molecule has 0 amide bonds. The number of allylic oxidation sites excluding steroid dienone is 1. The number of benzene rings is 3. The smallest absolute Gasteiger partial charge is 0.315 e. The highest BCUT2D eigenvalue weighted by atomic mass is 16.5. The van der Waals surface area contributed by atoms with Crippen molar-refractivity contribution in [1.82, 2.24) is 0 Å². The number of methoxy groups -OCH3 is 1. The average molecular weight is 384 g/mol. The molecule has 0 saturated carbocycles. The van der Waals surface area contributed by atoms with E-state index in [-0.39, 0.29) is 17.8 Å². The van der Waals surface area contributed by atoms with E-state index in [1.165, 1.54) is 5.56 Å². The summed E-state index contributed by atoms with van der Waals surface area (Å²) in [6.07, 6.45) is 2.70. The van der Waals surface area contributed by atoms with Crippen LogP contribution in [0.4, 0.5) is 0 Å². The third-order valence-electron chi connectivity index (χ3n) is 5.41. The standard InChI is InChI=1S/C26H24O3/c1-18-8-12-21(13-9-18)25-17-23(20-6-4-3-5-7-20)24(26(27)29-25)16-19-10-14-22(28-2)15-11-19/h3-15,17,23-24H,16H2,1-2H3/t23-,24+/m1/s1. The van der Waals surface area contributed by atoms with Crippen molar-refractivity contribution in [3.63, 3.8) is 0 Å². The Morgan fingerprint density at radius 1 is 0.897 bits per heavy atom. The zero-order chi connectivity index (χ0) is 20.2. The fourth-order valence-electron chi connectivity index (χ4n) is 3.75. The number of carbonyl (C=O) groups excluding carboxylic acids is 1. The van der Waals surface area contributed by atoms with Crippen LogP contribution in [0.2, 0.25) is 0 Å². The molecule has 0 radical (unpaired) electrons. The van der Waals surface area contributed by atoms with Crippen LogP contribution in [-0.4, -0.2) is 13.1 Å². The van der Waals surface area contributed by atoms with Gasteiger partial charge in [-0.05, 0) is 42.7 Å². The summed E-state index contributed by atoms with van der Waals surface area (Å²) in [6.45, 7) is 2.04. The lowest BCUT2D eigenvalue weighted by Gasteiger charge is -2.29. The molecule has 3 nitrogen and oxygen atoms in total. The van der Waals surface area contributed by atoms with Crippen LogP contribution in [0, 0.1) is 12.8 Å². The highest BCUT2D eigenvalue weighted by Gasteiger charge is 2.35. The molecule has 3 heteroatoms. The van der Waals surface area contributed by atoms with E-state index in [9.17, 15) is 4.79 Å². The number of carbonyl (C=O) groups is 1. The minimum atomic E-state index is -0.278. The molecule has 0 unspecified atom stereocenters. The van der Waals surface area contributed by atoms with Crippen LogP contribution in [0.1, 0.15) is 28.2 Å². The predicted molar refractivity (Wildman–Crippen MR) is 115 cm³/mol. The first-order valence-corrected chi connectivity index (χ1v) is 9.82. The van der Waals surface area contributed by atoms with Crippen LogP contribution in [0.25, 0.3) is 5.76 Å². The van der Waals surface area contributed by atoms with E-state index in [0.29, 0.717) is 12.2 Å². The molecule has 0 bridgehead atoms. The van der Waals surface area contributed by atoms with Gasteiger partial charge in [0.15, 0.2) is 0 Å². The Hall–Kier alpha value is -3.33. The maximum absolute atomic E-state index is 13.1. The van der Waals surface area contributed by atoms with Crippen molar-refractivity contribution in [2.24, 2.45) is 5.92 Å². The molecule has 0 spiro atoms. The fraction of sp³-hybridized carbons (Fsp3) is 0.192. The van der Waals surface area contributed by atoms with Gasteiger partial charge in [0.2, 0.25) is 0 Å². The number of hydrogen-bond donors (Lipinski definition) is 0. The number of rotatable bonds is 5.